The average Bonchev–Trinajstić information content (AvgIpc) is 2.75. The first kappa shape index (κ1) is 15.5. The summed E-state index contributed by atoms with van der Waals surface area (Å²) in [5.74, 6) is 0.346. The average molecular weight is 288 g/mol. The predicted octanol–water partition coefficient (Wildman–Crippen LogP) is 2.01. The zero-order valence-corrected chi connectivity index (χ0v) is 13.0. The molecule has 2 amide bonds. The second kappa shape index (κ2) is 7.25. The normalized spacial score (nSPS) is 15.7. The van der Waals surface area contributed by atoms with Gasteiger partial charge in [0, 0.05) is 32.6 Å². The summed E-state index contributed by atoms with van der Waals surface area (Å²) in [5, 5.41) is 0. The first-order valence-corrected chi connectivity index (χ1v) is 7.72. The number of hydrogen-bond donors (Lipinski definition) is 0. The molecule has 1 saturated heterocycles. The predicted molar refractivity (Wildman–Crippen MR) is 83.0 cm³/mol. The number of benzene rings is 1. The van der Waals surface area contributed by atoms with Crippen molar-refractivity contribution in [3.8, 4) is 0 Å². The van der Waals surface area contributed by atoms with E-state index in [-0.39, 0.29) is 11.8 Å². The van der Waals surface area contributed by atoms with Crippen LogP contribution in [0.2, 0.25) is 0 Å². The van der Waals surface area contributed by atoms with Crippen molar-refractivity contribution in [2.75, 3.05) is 26.2 Å². The van der Waals surface area contributed by atoms with Gasteiger partial charge in [-0.25, -0.2) is 0 Å². The Balaban J connectivity index is 1.94. The molecule has 0 unspecified atom stereocenters. The van der Waals surface area contributed by atoms with Crippen LogP contribution in [-0.2, 0) is 16.0 Å². The van der Waals surface area contributed by atoms with Gasteiger partial charge in [-0.1, -0.05) is 31.2 Å². The molecule has 1 heterocycles. The molecule has 0 aromatic heterocycles. The van der Waals surface area contributed by atoms with Crippen molar-refractivity contribution < 1.29 is 9.59 Å². The number of nitrogens with zero attached hydrogens (tertiary/aromatic N) is 2. The van der Waals surface area contributed by atoms with Crippen LogP contribution < -0.4 is 0 Å². The van der Waals surface area contributed by atoms with Gasteiger partial charge < -0.3 is 9.80 Å². The summed E-state index contributed by atoms with van der Waals surface area (Å²) in [5.41, 5.74) is 2.25. The molecular weight excluding hydrogens is 264 g/mol. The number of amides is 2. The van der Waals surface area contributed by atoms with Gasteiger partial charge in [-0.05, 0) is 24.5 Å². The highest BCUT2D eigenvalue weighted by Crippen LogP contribution is 2.11. The Kier molecular flexibility index (Phi) is 5.37. The van der Waals surface area contributed by atoms with E-state index in [1.807, 2.05) is 47.9 Å². The van der Waals surface area contributed by atoms with E-state index in [0.717, 1.165) is 30.6 Å². The number of hydrogen-bond acceptors (Lipinski definition) is 2. The fourth-order valence-corrected chi connectivity index (χ4v) is 2.72. The zero-order chi connectivity index (χ0) is 15.2. The fraction of sp³-hybridized carbons (Fsp3) is 0.529. The Bertz CT molecular complexity index is 513. The van der Waals surface area contributed by atoms with Crippen LogP contribution in [-0.4, -0.2) is 47.8 Å². The third-order valence-electron chi connectivity index (χ3n) is 4.11. The van der Waals surface area contributed by atoms with Crippen molar-refractivity contribution in [1.29, 1.82) is 0 Å². The summed E-state index contributed by atoms with van der Waals surface area (Å²) < 4.78 is 0. The van der Waals surface area contributed by atoms with Crippen LogP contribution in [0.25, 0.3) is 0 Å². The molecule has 1 aromatic carbocycles. The summed E-state index contributed by atoms with van der Waals surface area (Å²) >= 11 is 0. The molecule has 1 aliphatic heterocycles. The Labute approximate surface area is 126 Å². The second-order valence-electron chi connectivity index (χ2n) is 5.57. The van der Waals surface area contributed by atoms with Crippen LogP contribution in [0.3, 0.4) is 0 Å². The topological polar surface area (TPSA) is 40.6 Å². The van der Waals surface area contributed by atoms with Crippen molar-refractivity contribution >= 4 is 11.8 Å². The third kappa shape index (κ3) is 4.06. The number of carbonyl (C=O) groups excluding carboxylic acids is 2. The van der Waals surface area contributed by atoms with Gasteiger partial charge in [-0.3, -0.25) is 9.59 Å². The standard InChI is InChI=1S/C17H24N2O2/c1-3-16(20)18-9-6-10-19(12-11-18)17(21)13-15-8-5-4-7-14(15)2/h4-5,7-8H,3,6,9-13H2,1-2H3. The van der Waals surface area contributed by atoms with E-state index in [4.69, 9.17) is 0 Å². The van der Waals surface area contributed by atoms with Gasteiger partial charge >= 0.3 is 0 Å². The van der Waals surface area contributed by atoms with E-state index < -0.39 is 0 Å². The Morgan fingerprint density at radius 1 is 1.00 bits per heavy atom. The molecule has 4 heteroatoms. The van der Waals surface area contributed by atoms with Crippen molar-refractivity contribution in [2.45, 2.75) is 33.1 Å². The molecule has 1 fully saturated rings. The maximum Gasteiger partial charge on any atom is 0.227 e. The van der Waals surface area contributed by atoms with Gasteiger partial charge in [0.25, 0.3) is 0 Å². The summed E-state index contributed by atoms with van der Waals surface area (Å²) in [6, 6.07) is 8.01. The quantitative estimate of drug-likeness (QED) is 0.853. The zero-order valence-electron chi connectivity index (χ0n) is 13.0. The van der Waals surface area contributed by atoms with Crippen LogP contribution in [0.4, 0.5) is 0 Å². The van der Waals surface area contributed by atoms with E-state index in [2.05, 4.69) is 0 Å². The molecule has 4 nitrogen and oxygen atoms in total. The molecule has 0 spiro atoms. The Hall–Kier alpha value is -1.84. The second-order valence-corrected chi connectivity index (χ2v) is 5.57. The minimum Gasteiger partial charge on any atom is -0.341 e. The highest BCUT2D eigenvalue weighted by Gasteiger charge is 2.21. The van der Waals surface area contributed by atoms with Gasteiger partial charge in [-0.2, -0.15) is 0 Å². The molecule has 114 valence electrons. The van der Waals surface area contributed by atoms with Gasteiger partial charge in [0.1, 0.15) is 0 Å². The maximum atomic E-state index is 12.4. The summed E-state index contributed by atoms with van der Waals surface area (Å²) in [6.45, 7) is 6.74. The van der Waals surface area contributed by atoms with Gasteiger partial charge in [-0.15, -0.1) is 0 Å². The molecule has 0 bridgehead atoms. The first-order chi connectivity index (χ1) is 10.1. The molecular formula is C17H24N2O2. The fourth-order valence-electron chi connectivity index (χ4n) is 2.72. The number of rotatable bonds is 3. The molecule has 0 radical (unpaired) electrons. The van der Waals surface area contributed by atoms with Crippen molar-refractivity contribution in [1.82, 2.24) is 9.80 Å². The molecule has 0 atom stereocenters. The monoisotopic (exact) mass is 288 g/mol. The van der Waals surface area contributed by atoms with Crippen LogP contribution >= 0.6 is 0 Å². The van der Waals surface area contributed by atoms with E-state index in [0.29, 0.717) is 25.9 Å². The summed E-state index contributed by atoms with van der Waals surface area (Å²) in [4.78, 5) is 28.0. The smallest absolute Gasteiger partial charge is 0.227 e. The largest absolute Gasteiger partial charge is 0.341 e. The van der Waals surface area contributed by atoms with Crippen LogP contribution in [0, 0.1) is 6.92 Å². The third-order valence-corrected chi connectivity index (χ3v) is 4.11. The molecule has 0 saturated carbocycles. The lowest BCUT2D eigenvalue weighted by atomic mass is 10.1. The molecule has 1 aromatic rings. The van der Waals surface area contributed by atoms with E-state index in [1.165, 1.54) is 0 Å². The van der Waals surface area contributed by atoms with E-state index in [9.17, 15) is 9.59 Å². The van der Waals surface area contributed by atoms with Crippen molar-refractivity contribution in [2.24, 2.45) is 0 Å². The van der Waals surface area contributed by atoms with Crippen molar-refractivity contribution in [3.05, 3.63) is 35.4 Å². The minimum absolute atomic E-state index is 0.162. The van der Waals surface area contributed by atoms with E-state index in [1.54, 1.807) is 0 Å². The first-order valence-electron chi connectivity index (χ1n) is 7.72. The number of aryl methyl sites for hydroxylation is 1. The SMILES string of the molecule is CCC(=O)N1CCCN(C(=O)Cc2ccccc2C)CC1. The van der Waals surface area contributed by atoms with Crippen LogP contribution in [0.5, 0.6) is 0 Å². The summed E-state index contributed by atoms with van der Waals surface area (Å²) in [6.07, 6.45) is 1.86. The number of carbonyl (C=O) groups is 2. The Morgan fingerprint density at radius 3 is 2.24 bits per heavy atom. The van der Waals surface area contributed by atoms with Gasteiger partial charge in [0.2, 0.25) is 11.8 Å². The molecule has 2 rings (SSSR count). The Morgan fingerprint density at radius 2 is 1.62 bits per heavy atom. The molecule has 0 N–H and O–H groups in total. The van der Waals surface area contributed by atoms with Crippen LogP contribution in [0.1, 0.15) is 30.9 Å². The molecule has 0 aliphatic carbocycles. The highest BCUT2D eigenvalue weighted by molar-refractivity contribution is 5.79. The highest BCUT2D eigenvalue weighted by atomic mass is 16.2. The molecule has 1 aliphatic rings. The van der Waals surface area contributed by atoms with Gasteiger partial charge in [0.05, 0.1) is 6.42 Å². The van der Waals surface area contributed by atoms with Crippen LogP contribution in [0.15, 0.2) is 24.3 Å². The lowest BCUT2D eigenvalue weighted by molar-refractivity contribution is -0.133. The van der Waals surface area contributed by atoms with Crippen molar-refractivity contribution in [3.63, 3.8) is 0 Å². The van der Waals surface area contributed by atoms with E-state index >= 15 is 0 Å². The maximum absolute atomic E-state index is 12.4. The minimum atomic E-state index is 0.162. The lowest BCUT2D eigenvalue weighted by Crippen LogP contribution is -2.37. The molecule has 21 heavy (non-hydrogen) atoms. The lowest BCUT2D eigenvalue weighted by Gasteiger charge is -2.22. The summed E-state index contributed by atoms with van der Waals surface area (Å²) in [7, 11) is 0. The van der Waals surface area contributed by atoms with Gasteiger partial charge in [0.15, 0.2) is 0 Å².